The summed E-state index contributed by atoms with van der Waals surface area (Å²) < 4.78 is 2.63. The van der Waals surface area contributed by atoms with Gasteiger partial charge in [0, 0.05) is 24.3 Å². The van der Waals surface area contributed by atoms with Gasteiger partial charge < -0.3 is 5.32 Å². The van der Waals surface area contributed by atoms with Crippen LogP contribution in [-0.4, -0.2) is 15.7 Å². The van der Waals surface area contributed by atoms with Crippen LogP contribution in [0.25, 0.3) is 0 Å². The lowest BCUT2D eigenvalue weighted by Crippen LogP contribution is -2.22. The summed E-state index contributed by atoms with van der Waals surface area (Å²) >= 11 is 3.37. The Morgan fingerprint density at radius 3 is 2.71 bits per heavy atom. The van der Waals surface area contributed by atoms with Gasteiger partial charge in [-0.05, 0) is 17.7 Å². The summed E-state index contributed by atoms with van der Waals surface area (Å²) in [6, 6.07) is 7.83. The first-order valence-electron chi connectivity index (χ1n) is 5.16. The van der Waals surface area contributed by atoms with Gasteiger partial charge in [-0.2, -0.15) is 5.10 Å². The van der Waals surface area contributed by atoms with Gasteiger partial charge in [0.2, 0.25) is 0 Å². The van der Waals surface area contributed by atoms with E-state index in [1.54, 1.807) is 24.1 Å². The van der Waals surface area contributed by atoms with Crippen molar-refractivity contribution in [1.29, 1.82) is 0 Å². The molecule has 0 spiro atoms. The Kier molecular flexibility index (Phi) is 3.58. The third-order valence-corrected chi connectivity index (χ3v) is 2.86. The molecule has 0 aliphatic carbocycles. The Hall–Kier alpha value is -1.62. The SMILES string of the molecule is Cn1cc(C(=O)NCc2ccc(Br)cc2)cn1. The topological polar surface area (TPSA) is 46.9 Å². The molecule has 0 radical (unpaired) electrons. The van der Waals surface area contributed by atoms with E-state index in [4.69, 9.17) is 0 Å². The van der Waals surface area contributed by atoms with Gasteiger partial charge in [0.05, 0.1) is 11.8 Å². The monoisotopic (exact) mass is 293 g/mol. The summed E-state index contributed by atoms with van der Waals surface area (Å²) in [5.41, 5.74) is 1.63. The lowest BCUT2D eigenvalue weighted by atomic mass is 10.2. The molecule has 0 aliphatic rings. The largest absolute Gasteiger partial charge is 0.348 e. The maximum absolute atomic E-state index is 11.7. The van der Waals surface area contributed by atoms with Crippen molar-refractivity contribution in [2.24, 2.45) is 7.05 Å². The molecule has 17 heavy (non-hydrogen) atoms. The first kappa shape index (κ1) is 11.9. The predicted octanol–water partition coefficient (Wildman–Crippen LogP) is 2.11. The van der Waals surface area contributed by atoms with E-state index in [1.165, 1.54) is 0 Å². The van der Waals surface area contributed by atoms with Crippen molar-refractivity contribution < 1.29 is 4.79 Å². The van der Waals surface area contributed by atoms with Crippen LogP contribution in [0.5, 0.6) is 0 Å². The number of nitrogens with zero attached hydrogens (tertiary/aromatic N) is 2. The van der Waals surface area contributed by atoms with Crippen LogP contribution in [0, 0.1) is 0 Å². The third-order valence-electron chi connectivity index (χ3n) is 2.33. The number of benzene rings is 1. The maximum atomic E-state index is 11.7. The summed E-state index contributed by atoms with van der Waals surface area (Å²) in [4.78, 5) is 11.7. The molecule has 0 bridgehead atoms. The van der Waals surface area contributed by atoms with E-state index in [0.29, 0.717) is 12.1 Å². The average Bonchev–Trinajstić information content (AvgIpc) is 2.75. The van der Waals surface area contributed by atoms with Gasteiger partial charge in [-0.25, -0.2) is 0 Å². The normalized spacial score (nSPS) is 10.2. The Morgan fingerprint density at radius 2 is 2.12 bits per heavy atom. The smallest absolute Gasteiger partial charge is 0.254 e. The van der Waals surface area contributed by atoms with Gasteiger partial charge in [-0.15, -0.1) is 0 Å². The van der Waals surface area contributed by atoms with E-state index in [2.05, 4.69) is 26.3 Å². The molecule has 1 aromatic heterocycles. The summed E-state index contributed by atoms with van der Waals surface area (Å²) in [6.45, 7) is 0.515. The average molecular weight is 294 g/mol. The van der Waals surface area contributed by atoms with Gasteiger partial charge in [-0.1, -0.05) is 28.1 Å². The van der Waals surface area contributed by atoms with Gasteiger partial charge in [0.1, 0.15) is 0 Å². The predicted molar refractivity (Wildman–Crippen MR) is 68.5 cm³/mol. The van der Waals surface area contributed by atoms with Crippen molar-refractivity contribution in [3.8, 4) is 0 Å². The zero-order valence-corrected chi connectivity index (χ0v) is 10.9. The van der Waals surface area contributed by atoms with Crippen molar-refractivity contribution in [2.75, 3.05) is 0 Å². The fraction of sp³-hybridized carbons (Fsp3) is 0.167. The zero-order valence-electron chi connectivity index (χ0n) is 9.35. The molecule has 1 aromatic carbocycles. The minimum atomic E-state index is -0.110. The second-order valence-corrected chi connectivity index (χ2v) is 4.63. The molecule has 0 unspecified atom stereocenters. The third kappa shape index (κ3) is 3.17. The number of hydrogen-bond donors (Lipinski definition) is 1. The Balaban J connectivity index is 1.94. The number of aryl methyl sites for hydroxylation is 1. The highest BCUT2D eigenvalue weighted by molar-refractivity contribution is 9.10. The Labute approximate surface area is 108 Å². The van der Waals surface area contributed by atoms with Crippen molar-refractivity contribution in [3.05, 3.63) is 52.3 Å². The Bertz CT molecular complexity index is 519. The number of aromatic nitrogens is 2. The molecule has 2 rings (SSSR count). The number of nitrogens with one attached hydrogen (secondary N) is 1. The van der Waals surface area contributed by atoms with Crippen LogP contribution in [0.4, 0.5) is 0 Å². The van der Waals surface area contributed by atoms with Crippen LogP contribution in [0.1, 0.15) is 15.9 Å². The molecule has 1 N–H and O–H groups in total. The molecule has 4 nitrogen and oxygen atoms in total. The number of halogens is 1. The number of carbonyl (C=O) groups is 1. The first-order chi connectivity index (χ1) is 8.15. The number of rotatable bonds is 3. The molecule has 5 heteroatoms. The van der Waals surface area contributed by atoms with Gasteiger partial charge in [0.25, 0.3) is 5.91 Å². The van der Waals surface area contributed by atoms with Crippen LogP contribution in [0.3, 0.4) is 0 Å². The van der Waals surface area contributed by atoms with Crippen molar-refractivity contribution in [3.63, 3.8) is 0 Å². The molecular formula is C12H12BrN3O. The van der Waals surface area contributed by atoms with Crippen LogP contribution in [-0.2, 0) is 13.6 Å². The van der Waals surface area contributed by atoms with Crippen molar-refractivity contribution in [2.45, 2.75) is 6.54 Å². The Morgan fingerprint density at radius 1 is 1.41 bits per heavy atom. The zero-order chi connectivity index (χ0) is 12.3. The summed E-state index contributed by atoms with van der Waals surface area (Å²) in [5, 5.41) is 6.79. The molecule has 88 valence electrons. The lowest BCUT2D eigenvalue weighted by Gasteiger charge is -2.03. The minimum absolute atomic E-state index is 0.110. The number of hydrogen-bond acceptors (Lipinski definition) is 2. The summed E-state index contributed by atoms with van der Waals surface area (Å²) in [7, 11) is 1.78. The maximum Gasteiger partial charge on any atom is 0.254 e. The highest BCUT2D eigenvalue weighted by atomic mass is 79.9. The fourth-order valence-corrected chi connectivity index (χ4v) is 1.69. The van der Waals surface area contributed by atoms with Crippen molar-refractivity contribution in [1.82, 2.24) is 15.1 Å². The van der Waals surface area contributed by atoms with E-state index in [-0.39, 0.29) is 5.91 Å². The van der Waals surface area contributed by atoms with E-state index >= 15 is 0 Å². The van der Waals surface area contributed by atoms with E-state index in [1.807, 2.05) is 24.3 Å². The molecule has 0 atom stereocenters. The fourth-order valence-electron chi connectivity index (χ4n) is 1.43. The highest BCUT2D eigenvalue weighted by Crippen LogP contribution is 2.10. The molecule has 0 saturated heterocycles. The molecule has 1 heterocycles. The molecule has 1 amide bonds. The van der Waals surface area contributed by atoms with E-state index in [0.717, 1.165) is 10.0 Å². The van der Waals surface area contributed by atoms with Crippen LogP contribution < -0.4 is 5.32 Å². The standard InChI is InChI=1S/C12H12BrN3O/c1-16-8-10(7-15-16)12(17)14-6-9-2-4-11(13)5-3-9/h2-5,7-8H,6H2,1H3,(H,14,17). The molecular weight excluding hydrogens is 282 g/mol. The lowest BCUT2D eigenvalue weighted by molar-refractivity contribution is 0.0951. The van der Waals surface area contributed by atoms with Gasteiger partial charge in [-0.3, -0.25) is 9.48 Å². The van der Waals surface area contributed by atoms with Crippen LogP contribution in [0.2, 0.25) is 0 Å². The number of carbonyl (C=O) groups excluding carboxylic acids is 1. The highest BCUT2D eigenvalue weighted by Gasteiger charge is 2.06. The van der Waals surface area contributed by atoms with Crippen LogP contribution >= 0.6 is 15.9 Å². The van der Waals surface area contributed by atoms with Crippen molar-refractivity contribution >= 4 is 21.8 Å². The van der Waals surface area contributed by atoms with E-state index in [9.17, 15) is 4.79 Å². The van der Waals surface area contributed by atoms with E-state index < -0.39 is 0 Å². The summed E-state index contributed by atoms with van der Waals surface area (Å²) in [5.74, 6) is -0.110. The second kappa shape index (κ2) is 5.14. The molecule has 2 aromatic rings. The first-order valence-corrected chi connectivity index (χ1v) is 5.96. The molecule has 0 saturated carbocycles. The summed E-state index contributed by atoms with van der Waals surface area (Å²) in [6.07, 6.45) is 3.24. The quantitative estimate of drug-likeness (QED) is 0.942. The van der Waals surface area contributed by atoms with Gasteiger partial charge in [0.15, 0.2) is 0 Å². The number of amides is 1. The van der Waals surface area contributed by atoms with Gasteiger partial charge >= 0.3 is 0 Å². The second-order valence-electron chi connectivity index (χ2n) is 3.71. The molecule has 0 fully saturated rings. The van der Waals surface area contributed by atoms with Crippen LogP contribution in [0.15, 0.2) is 41.1 Å². The molecule has 0 aliphatic heterocycles. The minimum Gasteiger partial charge on any atom is -0.348 e.